The van der Waals surface area contributed by atoms with Gasteiger partial charge in [-0.25, -0.2) is 0 Å². The predicted octanol–water partition coefficient (Wildman–Crippen LogP) is 3.14. The summed E-state index contributed by atoms with van der Waals surface area (Å²) in [5, 5.41) is 5.86. The summed E-state index contributed by atoms with van der Waals surface area (Å²) in [5.41, 5.74) is 2.96. The fourth-order valence-corrected chi connectivity index (χ4v) is 2.88. The Morgan fingerprint density at radius 2 is 1.61 bits per heavy atom. The minimum Gasteiger partial charge on any atom is -0.497 e. The largest absolute Gasteiger partial charge is 0.497 e. The van der Waals surface area contributed by atoms with Gasteiger partial charge in [-0.05, 0) is 50.2 Å². The molecule has 0 spiro atoms. The molecule has 150 valence electrons. The standard InChI is InChI=1S/C22H29N3O3/c1-5-20(17-8-6-16(2)7-9-17)24-22(27)15-25(3)14-21(26)23-18-10-12-19(28-4)13-11-18/h6-13,20H,5,14-15H2,1-4H3,(H,23,26)(H,24,27)/t20-/m0/s1. The molecule has 0 saturated heterocycles. The van der Waals surface area contributed by atoms with Crippen LogP contribution >= 0.6 is 0 Å². The number of likely N-dealkylation sites (N-methyl/N-ethyl adjacent to an activating group) is 1. The van der Waals surface area contributed by atoms with Crippen LogP contribution in [0.1, 0.15) is 30.5 Å². The summed E-state index contributed by atoms with van der Waals surface area (Å²) in [7, 11) is 3.34. The first-order valence-corrected chi connectivity index (χ1v) is 9.39. The van der Waals surface area contributed by atoms with Crippen LogP contribution in [-0.4, -0.2) is 44.0 Å². The summed E-state index contributed by atoms with van der Waals surface area (Å²) in [4.78, 5) is 26.2. The monoisotopic (exact) mass is 383 g/mol. The number of aryl methyl sites for hydroxylation is 1. The van der Waals surface area contributed by atoms with Crippen molar-refractivity contribution < 1.29 is 14.3 Å². The summed E-state index contributed by atoms with van der Waals surface area (Å²) < 4.78 is 5.10. The van der Waals surface area contributed by atoms with Gasteiger partial charge in [-0.15, -0.1) is 0 Å². The van der Waals surface area contributed by atoms with Crippen molar-refractivity contribution in [3.05, 3.63) is 59.7 Å². The van der Waals surface area contributed by atoms with Gasteiger partial charge in [-0.3, -0.25) is 14.5 Å². The smallest absolute Gasteiger partial charge is 0.238 e. The third-order valence-electron chi connectivity index (χ3n) is 4.42. The zero-order valence-corrected chi connectivity index (χ0v) is 17.0. The van der Waals surface area contributed by atoms with E-state index >= 15 is 0 Å². The third kappa shape index (κ3) is 6.70. The van der Waals surface area contributed by atoms with Crippen LogP contribution in [0, 0.1) is 6.92 Å². The Balaban J connectivity index is 1.81. The lowest BCUT2D eigenvalue weighted by atomic mass is 10.0. The number of benzene rings is 2. The third-order valence-corrected chi connectivity index (χ3v) is 4.42. The van der Waals surface area contributed by atoms with Gasteiger partial charge >= 0.3 is 0 Å². The molecule has 0 aliphatic carbocycles. The number of nitrogens with one attached hydrogen (secondary N) is 2. The molecule has 1 atom stereocenters. The van der Waals surface area contributed by atoms with Crippen molar-refractivity contribution in [1.29, 1.82) is 0 Å². The quantitative estimate of drug-likeness (QED) is 0.698. The van der Waals surface area contributed by atoms with Crippen LogP contribution < -0.4 is 15.4 Å². The maximum Gasteiger partial charge on any atom is 0.238 e. The molecule has 2 aromatic rings. The fourth-order valence-electron chi connectivity index (χ4n) is 2.88. The van der Waals surface area contributed by atoms with Crippen molar-refractivity contribution in [2.24, 2.45) is 0 Å². The van der Waals surface area contributed by atoms with Gasteiger partial charge in [-0.1, -0.05) is 36.8 Å². The van der Waals surface area contributed by atoms with Gasteiger partial charge in [-0.2, -0.15) is 0 Å². The Kier molecular flexibility index (Phi) is 8.02. The molecule has 2 N–H and O–H groups in total. The lowest BCUT2D eigenvalue weighted by Crippen LogP contribution is -2.40. The van der Waals surface area contributed by atoms with Crippen LogP contribution in [0.2, 0.25) is 0 Å². The first kappa shape index (κ1) is 21.4. The number of rotatable bonds is 9. The zero-order chi connectivity index (χ0) is 20.5. The van der Waals surface area contributed by atoms with E-state index in [1.165, 1.54) is 5.56 Å². The number of hydrogen-bond acceptors (Lipinski definition) is 4. The minimum absolute atomic E-state index is 0.0328. The Morgan fingerprint density at radius 1 is 1.00 bits per heavy atom. The highest BCUT2D eigenvalue weighted by Crippen LogP contribution is 2.17. The lowest BCUT2D eigenvalue weighted by molar-refractivity contribution is -0.123. The summed E-state index contributed by atoms with van der Waals surface area (Å²) in [6.45, 7) is 4.35. The molecule has 0 radical (unpaired) electrons. The zero-order valence-electron chi connectivity index (χ0n) is 17.0. The second-order valence-corrected chi connectivity index (χ2v) is 6.89. The number of nitrogens with zero attached hydrogens (tertiary/aromatic N) is 1. The van der Waals surface area contributed by atoms with Gasteiger partial charge < -0.3 is 15.4 Å². The van der Waals surface area contributed by atoms with E-state index < -0.39 is 0 Å². The van der Waals surface area contributed by atoms with Gasteiger partial charge in [0.1, 0.15) is 5.75 Å². The second kappa shape index (κ2) is 10.5. The van der Waals surface area contributed by atoms with E-state index in [1.54, 1.807) is 43.3 Å². The molecular formula is C22H29N3O3. The number of anilines is 1. The van der Waals surface area contributed by atoms with Gasteiger partial charge in [0.05, 0.1) is 26.2 Å². The maximum atomic E-state index is 12.4. The number of amides is 2. The van der Waals surface area contributed by atoms with Crippen LogP contribution in [0.25, 0.3) is 0 Å². The summed E-state index contributed by atoms with van der Waals surface area (Å²) >= 11 is 0. The number of ether oxygens (including phenoxy) is 1. The molecule has 6 heteroatoms. The van der Waals surface area contributed by atoms with Gasteiger partial charge in [0.15, 0.2) is 0 Å². The molecule has 0 bridgehead atoms. The predicted molar refractivity (Wildman–Crippen MR) is 111 cm³/mol. The van der Waals surface area contributed by atoms with E-state index in [-0.39, 0.29) is 30.9 Å². The summed E-state index contributed by atoms with van der Waals surface area (Å²) in [6.07, 6.45) is 0.802. The van der Waals surface area contributed by atoms with E-state index in [9.17, 15) is 9.59 Å². The van der Waals surface area contributed by atoms with E-state index in [1.807, 2.05) is 38.1 Å². The lowest BCUT2D eigenvalue weighted by Gasteiger charge is -2.21. The average Bonchev–Trinajstić information content (AvgIpc) is 2.67. The Morgan fingerprint density at radius 3 is 2.18 bits per heavy atom. The molecule has 0 aliphatic heterocycles. The van der Waals surface area contributed by atoms with E-state index in [0.717, 1.165) is 17.7 Å². The molecule has 0 heterocycles. The van der Waals surface area contributed by atoms with Crippen molar-refractivity contribution in [3.8, 4) is 5.75 Å². The van der Waals surface area contributed by atoms with Crippen molar-refractivity contribution in [3.63, 3.8) is 0 Å². The van der Waals surface area contributed by atoms with Crippen LogP contribution in [0.4, 0.5) is 5.69 Å². The molecule has 2 rings (SSSR count). The normalized spacial score (nSPS) is 11.8. The highest BCUT2D eigenvalue weighted by atomic mass is 16.5. The maximum absolute atomic E-state index is 12.4. The molecule has 28 heavy (non-hydrogen) atoms. The molecular weight excluding hydrogens is 354 g/mol. The molecule has 2 aromatic carbocycles. The van der Waals surface area contributed by atoms with Crippen LogP contribution in [0.15, 0.2) is 48.5 Å². The molecule has 0 unspecified atom stereocenters. The van der Waals surface area contributed by atoms with Crippen molar-refractivity contribution in [2.45, 2.75) is 26.3 Å². The van der Waals surface area contributed by atoms with Crippen LogP contribution in [0.5, 0.6) is 5.75 Å². The minimum atomic E-state index is -0.175. The molecule has 2 amide bonds. The van der Waals surface area contributed by atoms with Crippen molar-refractivity contribution >= 4 is 17.5 Å². The SMILES string of the molecule is CC[C@H](NC(=O)CN(C)CC(=O)Nc1ccc(OC)cc1)c1ccc(C)cc1. The number of carbonyl (C=O) groups is 2. The summed E-state index contributed by atoms with van der Waals surface area (Å²) in [5.74, 6) is 0.448. The number of methoxy groups -OCH3 is 1. The highest BCUT2D eigenvalue weighted by molar-refractivity contribution is 5.92. The highest BCUT2D eigenvalue weighted by Gasteiger charge is 2.15. The molecule has 0 fully saturated rings. The Labute approximate surface area is 166 Å². The Bertz CT molecular complexity index is 773. The van der Waals surface area contributed by atoms with E-state index in [4.69, 9.17) is 4.74 Å². The molecule has 0 saturated carbocycles. The Hall–Kier alpha value is -2.86. The first-order valence-electron chi connectivity index (χ1n) is 9.39. The molecule has 6 nitrogen and oxygen atoms in total. The molecule has 0 aromatic heterocycles. The van der Waals surface area contributed by atoms with Crippen LogP contribution in [0.3, 0.4) is 0 Å². The second-order valence-electron chi connectivity index (χ2n) is 6.89. The fraction of sp³-hybridized carbons (Fsp3) is 0.364. The van der Waals surface area contributed by atoms with Crippen molar-refractivity contribution in [2.75, 3.05) is 32.6 Å². The van der Waals surface area contributed by atoms with E-state index in [2.05, 4.69) is 10.6 Å². The van der Waals surface area contributed by atoms with Gasteiger partial charge in [0.25, 0.3) is 0 Å². The van der Waals surface area contributed by atoms with Gasteiger partial charge in [0, 0.05) is 5.69 Å². The van der Waals surface area contributed by atoms with Crippen LogP contribution in [-0.2, 0) is 9.59 Å². The average molecular weight is 383 g/mol. The summed E-state index contributed by atoms with van der Waals surface area (Å²) in [6, 6.07) is 15.2. The van der Waals surface area contributed by atoms with Gasteiger partial charge in [0.2, 0.25) is 11.8 Å². The first-order chi connectivity index (χ1) is 13.4. The number of carbonyl (C=O) groups excluding carboxylic acids is 2. The number of hydrogen-bond donors (Lipinski definition) is 2. The topological polar surface area (TPSA) is 70.7 Å². The van der Waals surface area contributed by atoms with Crippen molar-refractivity contribution in [1.82, 2.24) is 10.2 Å². The van der Waals surface area contributed by atoms with E-state index in [0.29, 0.717) is 5.69 Å². The molecule has 0 aliphatic rings.